The van der Waals surface area contributed by atoms with Crippen molar-refractivity contribution in [1.29, 1.82) is 0 Å². The van der Waals surface area contributed by atoms with Crippen LogP contribution in [0.3, 0.4) is 0 Å². The lowest BCUT2D eigenvalue weighted by molar-refractivity contribution is -0.152. The molecule has 2 fully saturated rings. The van der Waals surface area contributed by atoms with Crippen LogP contribution in [-0.2, 0) is 30.3 Å². The minimum absolute atomic E-state index is 0.229. The summed E-state index contributed by atoms with van der Waals surface area (Å²) in [7, 11) is 0. The molecule has 0 radical (unpaired) electrons. The predicted molar refractivity (Wildman–Crippen MR) is 175 cm³/mol. The minimum atomic E-state index is -1.75. The van der Waals surface area contributed by atoms with E-state index in [9.17, 15) is 19.2 Å². The van der Waals surface area contributed by atoms with Gasteiger partial charge in [-0.1, -0.05) is 85.9 Å². The Balaban J connectivity index is 1.34. The van der Waals surface area contributed by atoms with Gasteiger partial charge in [-0.25, -0.2) is 5.43 Å². The molecule has 2 aliphatic rings. The number of nitrogens with zero attached hydrogens (tertiary/aromatic N) is 2. The molecule has 1 saturated carbocycles. The van der Waals surface area contributed by atoms with Crippen molar-refractivity contribution < 1.29 is 23.9 Å². The van der Waals surface area contributed by atoms with Crippen LogP contribution in [0.2, 0.25) is 0 Å². The molecule has 3 amide bonds. The topological polar surface area (TPSA) is 130 Å². The minimum Gasteiger partial charge on any atom is -0.460 e. The molecule has 1 aliphatic carbocycles. The maximum Gasteiger partial charge on any atom is 0.325 e. The summed E-state index contributed by atoms with van der Waals surface area (Å²) < 4.78 is 3.30. The summed E-state index contributed by atoms with van der Waals surface area (Å²) in [6.45, 7) is 7.20. The van der Waals surface area contributed by atoms with Gasteiger partial charge in [0, 0.05) is 17.6 Å². The predicted octanol–water partition coefficient (Wildman–Crippen LogP) is 4.65. The largest absolute Gasteiger partial charge is 0.460 e. The van der Waals surface area contributed by atoms with Gasteiger partial charge in [-0.15, -0.1) is 0 Å². The van der Waals surface area contributed by atoms with E-state index in [-0.39, 0.29) is 11.8 Å². The third-order valence-electron chi connectivity index (χ3n) is 8.05. The molecule has 2 heterocycles. The normalized spacial score (nSPS) is 19.3. The Hall–Kier alpha value is -2.92. The van der Waals surface area contributed by atoms with Gasteiger partial charge < -0.3 is 15.4 Å². The number of hydrogen-bond donors (Lipinski definition) is 3. The number of hydrogen-bond acceptors (Lipinski definition) is 7. The zero-order valence-corrected chi connectivity index (χ0v) is 28.1. The first-order chi connectivity index (χ1) is 21.2. The molecular formula is C32H40Cl3N5O5. The van der Waals surface area contributed by atoms with E-state index in [1.165, 1.54) is 5.01 Å². The molecule has 45 heavy (non-hydrogen) atoms. The highest BCUT2D eigenvalue weighted by atomic mass is 35.6. The van der Waals surface area contributed by atoms with Gasteiger partial charge in [0.2, 0.25) is 15.6 Å². The number of rotatable bonds is 11. The Kier molecular flexibility index (Phi) is 11.4. The maximum atomic E-state index is 13.4. The molecule has 1 saturated heterocycles. The second-order valence-corrected chi connectivity index (χ2v) is 14.6. The Morgan fingerprint density at radius 1 is 1.13 bits per heavy atom. The number of nitrogens with one attached hydrogen (secondary N) is 3. The van der Waals surface area contributed by atoms with Crippen molar-refractivity contribution in [3.8, 4) is 0 Å². The summed E-state index contributed by atoms with van der Waals surface area (Å²) in [4.78, 5) is 57.0. The average molecular weight is 681 g/mol. The van der Waals surface area contributed by atoms with Crippen LogP contribution < -0.4 is 16.1 Å². The van der Waals surface area contributed by atoms with Gasteiger partial charge in [-0.3, -0.25) is 29.2 Å². The van der Waals surface area contributed by atoms with Gasteiger partial charge in [0.1, 0.15) is 24.7 Å². The Morgan fingerprint density at radius 2 is 1.84 bits per heavy atom. The van der Waals surface area contributed by atoms with E-state index in [1.807, 2.05) is 50.3 Å². The highest BCUT2D eigenvalue weighted by molar-refractivity contribution is 6.67. The molecule has 244 valence electrons. The number of aryl methyl sites for hydroxylation is 1. The number of fused-ring (bicyclic) bond motifs is 1. The zero-order chi connectivity index (χ0) is 32.9. The highest BCUT2D eigenvalue weighted by Gasteiger charge is 2.48. The monoisotopic (exact) mass is 679 g/mol. The van der Waals surface area contributed by atoms with Crippen molar-refractivity contribution in [2.75, 3.05) is 13.2 Å². The van der Waals surface area contributed by atoms with Crippen molar-refractivity contribution >= 4 is 75.5 Å². The van der Waals surface area contributed by atoms with Crippen LogP contribution >= 0.6 is 34.8 Å². The summed E-state index contributed by atoms with van der Waals surface area (Å²) in [5.74, 6) is -2.02. The second kappa shape index (κ2) is 14.7. The lowest BCUT2D eigenvalue weighted by Gasteiger charge is -2.34. The smallest absolute Gasteiger partial charge is 0.325 e. The summed E-state index contributed by atoms with van der Waals surface area (Å²) in [5.41, 5.74) is 5.02. The average Bonchev–Trinajstić information content (AvgIpc) is 3.81. The van der Waals surface area contributed by atoms with E-state index < -0.39 is 51.7 Å². The molecule has 2 aromatic rings. The molecule has 0 bridgehead atoms. The number of ether oxygens (including phenoxy) is 1. The first-order valence-corrected chi connectivity index (χ1v) is 16.4. The van der Waals surface area contributed by atoms with E-state index in [1.54, 1.807) is 6.92 Å². The van der Waals surface area contributed by atoms with E-state index in [0.29, 0.717) is 32.2 Å². The fraction of sp³-hybridized carbons (Fsp3) is 0.531. The van der Waals surface area contributed by atoms with Gasteiger partial charge in [-0.2, -0.15) is 0 Å². The first kappa shape index (κ1) is 34.9. The fourth-order valence-corrected chi connectivity index (χ4v) is 5.29. The van der Waals surface area contributed by atoms with E-state index >= 15 is 0 Å². The Morgan fingerprint density at radius 3 is 2.49 bits per heavy atom. The SMILES string of the molecule is CCc1ccc2ccc(/C=C/C3(C(=O)N[C@H](C(=O)N[C@@H](C)C(=O)N4CCC[C@@H](C(=O)OCC(Cl)(Cl)Cl)N4)C(C)C)CC3)cc2n1. The molecule has 1 aromatic carbocycles. The Labute approximate surface area is 278 Å². The van der Waals surface area contributed by atoms with Gasteiger partial charge in [0.05, 0.1) is 10.9 Å². The number of hydrazine groups is 1. The highest BCUT2D eigenvalue weighted by Crippen LogP contribution is 2.48. The van der Waals surface area contributed by atoms with Crippen LogP contribution in [0.5, 0.6) is 0 Å². The van der Waals surface area contributed by atoms with Crippen molar-refractivity contribution in [3.05, 3.63) is 47.7 Å². The van der Waals surface area contributed by atoms with Crippen LogP contribution in [0.25, 0.3) is 17.0 Å². The van der Waals surface area contributed by atoms with Crippen molar-refractivity contribution in [2.45, 2.75) is 81.7 Å². The number of esters is 1. The number of carbonyl (C=O) groups is 4. The van der Waals surface area contributed by atoms with Crippen LogP contribution in [0.1, 0.15) is 64.6 Å². The first-order valence-electron chi connectivity index (χ1n) is 15.2. The van der Waals surface area contributed by atoms with Gasteiger partial charge in [0.15, 0.2) is 0 Å². The number of pyridine rings is 1. The Bertz CT molecular complexity index is 1460. The molecule has 13 heteroatoms. The number of carbonyl (C=O) groups excluding carboxylic acids is 4. The summed E-state index contributed by atoms with van der Waals surface area (Å²) >= 11 is 17.0. The standard InChI is InChI=1S/C32H40Cl3N5O5/c1-5-23-11-10-22-9-8-21(17-25(22)37-23)12-13-31(14-15-31)30(44)38-26(19(2)3)27(41)36-20(4)28(42)40-16-6-7-24(39-40)29(43)45-18-32(33,34)35/h8-13,17,19-20,24,26,39H,5-7,14-16,18H2,1-4H3,(H,36,41)(H,38,44)/b13-12+/t20-,24-,26-/m0/s1. The van der Waals surface area contributed by atoms with E-state index in [2.05, 4.69) is 29.0 Å². The van der Waals surface area contributed by atoms with Gasteiger partial charge in [-0.05, 0) is 62.6 Å². The van der Waals surface area contributed by atoms with Crippen LogP contribution in [0.4, 0.5) is 0 Å². The van der Waals surface area contributed by atoms with E-state index in [4.69, 9.17) is 44.5 Å². The molecule has 0 spiro atoms. The van der Waals surface area contributed by atoms with Crippen LogP contribution in [0, 0.1) is 11.3 Å². The van der Waals surface area contributed by atoms with Crippen LogP contribution in [0.15, 0.2) is 36.4 Å². The summed E-state index contributed by atoms with van der Waals surface area (Å²) in [6, 6.07) is 7.52. The lowest BCUT2D eigenvalue weighted by atomic mass is 9.99. The molecule has 3 N–H and O–H groups in total. The molecule has 4 rings (SSSR count). The molecular weight excluding hydrogens is 641 g/mol. The van der Waals surface area contributed by atoms with Gasteiger partial charge in [0.25, 0.3) is 5.91 Å². The number of amides is 3. The number of halogens is 3. The van der Waals surface area contributed by atoms with Crippen molar-refractivity contribution in [2.24, 2.45) is 11.3 Å². The fourth-order valence-electron chi connectivity index (χ4n) is 5.12. The van der Waals surface area contributed by atoms with Crippen LogP contribution in [-0.4, -0.2) is 68.8 Å². The third kappa shape index (κ3) is 9.31. The summed E-state index contributed by atoms with van der Waals surface area (Å²) in [6.07, 6.45) is 7.00. The molecule has 0 unspecified atom stereocenters. The van der Waals surface area contributed by atoms with Gasteiger partial charge >= 0.3 is 5.97 Å². The quantitative estimate of drug-likeness (QED) is 0.233. The molecule has 10 nitrogen and oxygen atoms in total. The maximum absolute atomic E-state index is 13.4. The zero-order valence-electron chi connectivity index (χ0n) is 25.9. The third-order valence-corrected chi connectivity index (χ3v) is 8.38. The van der Waals surface area contributed by atoms with Crippen molar-refractivity contribution in [1.82, 2.24) is 26.1 Å². The van der Waals surface area contributed by atoms with Crippen molar-refractivity contribution in [3.63, 3.8) is 0 Å². The number of aromatic nitrogens is 1. The lowest BCUT2D eigenvalue weighted by Crippen LogP contribution is -2.61. The van der Waals surface area contributed by atoms with E-state index in [0.717, 1.165) is 28.6 Å². The summed E-state index contributed by atoms with van der Waals surface area (Å²) in [5, 5.41) is 7.99. The molecule has 1 aliphatic heterocycles. The molecule has 3 atom stereocenters. The molecule has 1 aromatic heterocycles. The number of benzene rings is 1. The second-order valence-electron chi connectivity index (χ2n) is 12.1. The number of alkyl halides is 3.